The molecule has 34 heavy (non-hydrogen) atoms. The lowest BCUT2D eigenvalue weighted by Gasteiger charge is -2.33. The molecule has 8 heteroatoms. The van der Waals surface area contributed by atoms with Gasteiger partial charge in [-0.1, -0.05) is 48.5 Å². The Balaban J connectivity index is 1.66. The highest BCUT2D eigenvalue weighted by Gasteiger charge is 2.40. The summed E-state index contributed by atoms with van der Waals surface area (Å²) in [6.45, 7) is 0.374. The van der Waals surface area contributed by atoms with Crippen molar-refractivity contribution in [1.82, 2.24) is 5.06 Å². The van der Waals surface area contributed by atoms with E-state index >= 15 is 0 Å². The first-order valence-electron chi connectivity index (χ1n) is 10.9. The maximum atomic E-state index is 13.6. The van der Waals surface area contributed by atoms with E-state index in [1.165, 1.54) is 41.5 Å². The lowest BCUT2D eigenvalue weighted by atomic mass is 9.82. The number of carbonyl (C=O) groups excluding carboxylic acids is 1. The monoisotopic (exact) mass is 473 g/mol. The van der Waals surface area contributed by atoms with Crippen molar-refractivity contribution in [1.29, 1.82) is 0 Å². The number of hydrogen-bond acceptors (Lipinski definition) is 4. The van der Waals surface area contributed by atoms with Crippen molar-refractivity contribution in [2.24, 2.45) is 0 Å². The summed E-state index contributed by atoms with van der Waals surface area (Å²) in [5.41, 5.74) is 0.184. The maximum absolute atomic E-state index is 13.6. The molecule has 1 fully saturated rings. The van der Waals surface area contributed by atoms with E-state index in [0.717, 1.165) is 12.1 Å². The molecule has 4 nitrogen and oxygen atoms in total. The van der Waals surface area contributed by atoms with Gasteiger partial charge in [-0.25, -0.2) is 9.18 Å². The summed E-state index contributed by atoms with van der Waals surface area (Å²) in [4.78, 5) is 18.1. The van der Waals surface area contributed by atoms with Crippen LogP contribution in [0.3, 0.4) is 0 Å². The van der Waals surface area contributed by atoms with Crippen LogP contribution in [0, 0.1) is 5.82 Å². The molecule has 178 valence electrons. The second-order valence-corrected chi connectivity index (χ2v) is 8.24. The van der Waals surface area contributed by atoms with Crippen LogP contribution in [0.2, 0.25) is 0 Å². The van der Waals surface area contributed by atoms with Crippen LogP contribution in [0.1, 0.15) is 45.8 Å². The predicted octanol–water partition coefficient (Wildman–Crippen LogP) is 5.57. The molecule has 0 spiro atoms. The average Bonchev–Trinajstić information content (AvgIpc) is 3.29. The fourth-order valence-corrected chi connectivity index (χ4v) is 4.34. The molecular weight excluding hydrogens is 450 g/mol. The van der Waals surface area contributed by atoms with Crippen molar-refractivity contribution in [2.45, 2.75) is 37.1 Å². The summed E-state index contributed by atoms with van der Waals surface area (Å²) in [5.74, 6) is -1.98. The highest BCUT2D eigenvalue weighted by molar-refractivity contribution is 5.89. The molecule has 1 heterocycles. The summed E-state index contributed by atoms with van der Waals surface area (Å²) in [7, 11) is 0. The smallest absolute Gasteiger partial charge is 0.390 e. The van der Waals surface area contributed by atoms with Gasteiger partial charge in [0.05, 0.1) is 23.3 Å². The molecule has 0 radical (unpaired) electrons. The van der Waals surface area contributed by atoms with Crippen molar-refractivity contribution >= 4 is 5.97 Å². The zero-order valence-corrected chi connectivity index (χ0v) is 18.1. The second kappa shape index (κ2) is 9.95. The van der Waals surface area contributed by atoms with Crippen molar-refractivity contribution in [2.75, 3.05) is 6.54 Å². The highest BCUT2D eigenvalue weighted by Crippen LogP contribution is 2.37. The molecule has 1 N–H and O–H groups in total. The van der Waals surface area contributed by atoms with Crippen LogP contribution in [0.4, 0.5) is 17.6 Å². The largest absolute Gasteiger partial charge is 0.416 e. The molecule has 0 aromatic heterocycles. The zero-order chi connectivity index (χ0) is 24.3. The predicted molar refractivity (Wildman–Crippen MR) is 117 cm³/mol. The average molecular weight is 473 g/mol. The lowest BCUT2D eigenvalue weighted by Crippen LogP contribution is -2.43. The Kier molecular flexibility index (Phi) is 7.00. The molecule has 0 bridgehead atoms. The number of nitrogens with zero attached hydrogens (tertiary/aromatic N) is 1. The first-order chi connectivity index (χ1) is 16.2. The van der Waals surface area contributed by atoms with Gasteiger partial charge in [-0.15, -0.1) is 5.06 Å². The Bertz CT molecular complexity index is 1120. The normalized spacial score (nSPS) is 18.4. The van der Waals surface area contributed by atoms with Crippen LogP contribution < -0.4 is 0 Å². The molecule has 4 rings (SSSR count). The van der Waals surface area contributed by atoms with Gasteiger partial charge in [-0.05, 0) is 54.3 Å². The maximum Gasteiger partial charge on any atom is 0.416 e. The number of halogens is 4. The zero-order valence-electron chi connectivity index (χ0n) is 18.1. The topological polar surface area (TPSA) is 49.8 Å². The van der Waals surface area contributed by atoms with E-state index in [1.807, 2.05) is 0 Å². The molecule has 0 aliphatic carbocycles. The minimum atomic E-state index is -4.56. The Morgan fingerprint density at radius 3 is 2.35 bits per heavy atom. The van der Waals surface area contributed by atoms with Crippen LogP contribution in [0.25, 0.3) is 0 Å². The number of alkyl halides is 3. The first-order valence-corrected chi connectivity index (χ1v) is 10.9. The van der Waals surface area contributed by atoms with E-state index in [-0.39, 0.29) is 5.56 Å². The Labute approximate surface area is 194 Å². The summed E-state index contributed by atoms with van der Waals surface area (Å²) in [6.07, 6.45) is -4.68. The van der Waals surface area contributed by atoms with Crippen molar-refractivity contribution in [3.8, 4) is 0 Å². The third kappa shape index (κ3) is 5.29. The molecule has 3 aromatic carbocycles. The molecule has 1 aliphatic heterocycles. The lowest BCUT2D eigenvalue weighted by molar-refractivity contribution is -0.143. The summed E-state index contributed by atoms with van der Waals surface area (Å²) >= 11 is 0. The van der Waals surface area contributed by atoms with Gasteiger partial charge in [-0.3, -0.25) is 0 Å². The van der Waals surface area contributed by atoms with Crippen LogP contribution in [-0.4, -0.2) is 34.8 Å². The summed E-state index contributed by atoms with van der Waals surface area (Å²) in [5, 5.41) is 12.8. The fourth-order valence-electron chi connectivity index (χ4n) is 4.34. The third-order valence-electron chi connectivity index (χ3n) is 6.00. The molecule has 3 atom stereocenters. The fraction of sp³-hybridized carbons (Fsp3) is 0.269. The minimum Gasteiger partial charge on any atom is -0.390 e. The Morgan fingerprint density at radius 2 is 1.68 bits per heavy atom. The standard InChI is InChI=1S/C26H23F4NO3/c27-21-13-11-17(12-14-21)23(19-8-4-9-20(16-19)26(28,29)30)24(32)22-10-5-15-31(22)34-25(33)18-6-2-1-3-7-18/h1-4,6-9,11-14,16,22-24,32H,5,10,15H2/t22-,23-,24-/m1/s1. The summed E-state index contributed by atoms with van der Waals surface area (Å²) in [6, 6.07) is 17.7. The van der Waals surface area contributed by atoms with Gasteiger partial charge in [-0.2, -0.15) is 13.2 Å². The molecule has 3 aromatic rings. The molecule has 1 saturated heterocycles. The van der Waals surface area contributed by atoms with E-state index in [9.17, 15) is 27.5 Å². The number of benzene rings is 3. The number of carbonyl (C=O) groups is 1. The third-order valence-corrected chi connectivity index (χ3v) is 6.00. The van der Waals surface area contributed by atoms with E-state index < -0.39 is 41.6 Å². The van der Waals surface area contributed by atoms with Gasteiger partial charge in [0.25, 0.3) is 0 Å². The first kappa shape index (κ1) is 23.9. The van der Waals surface area contributed by atoms with Crippen LogP contribution in [-0.2, 0) is 11.0 Å². The molecule has 0 amide bonds. The van der Waals surface area contributed by atoms with Crippen LogP contribution in [0.15, 0.2) is 78.9 Å². The number of hydrogen-bond donors (Lipinski definition) is 1. The van der Waals surface area contributed by atoms with E-state index in [0.29, 0.717) is 30.5 Å². The van der Waals surface area contributed by atoms with Gasteiger partial charge in [0.1, 0.15) is 5.82 Å². The molecular formula is C26H23F4NO3. The van der Waals surface area contributed by atoms with Crippen LogP contribution >= 0.6 is 0 Å². The van der Waals surface area contributed by atoms with E-state index in [1.54, 1.807) is 30.3 Å². The van der Waals surface area contributed by atoms with Gasteiger partial charge in [0.2, 0.25) is 0 Å². The van der Waals surface area contributed by atoms with Crippen LogP contribution in [0.5, 0.6) is 0 Å². The summed E-state index contributed by atoms with van der Waals surface area (Å²) < 4.78 is 53.7. The quantitative estimate of drug-likeness (QED) is 0.476. The van der Waals surface area contributed by atoms with Gasteiger partial charge < -0.3 is 9.94 Å². The Morgan fingerprint density at radius 1 is 0.971 bits per heavy atom. The van der Waals surface area contributed by atoms with E-state index in [2.05, 4.69) is 0 Å². The number of aliphatic hydroxyl groups excluding tert-OH is 1. The second-order valence-electron chi connectivity index (χ2n) is 8.24. The highest BCUT2D eigenvalue weighted by atomic mass is 19.4. The van der Waals surface area contributed by atoms with Crippen molar-refractivity contribution in [3.05, 3.63) is 107 Å². The molecule has 0 unspecified atom stereocenters. The number of rotatable bonds is 6. The van der Waals surface area contributed by atoms with E-state index in [4.69, 9.17) is 4.84 Å². The molecule has 1 aliphatic rings. The molecule has 0 saturated carbocycles. The van der Waals surface area contributed by atoms with Crippen molar-refractivity contribution < 1.29 is 32.3 Å². The Hall–Kier alpha value is -3.23. The number of hydroxylamine groups is 2. The number of aliphatic hydroxyl groups is 1. The van der Waals surface area contributed by atoms with Crippen molar-refractivity contribution in [3.63, 3.8) is 0 Å². The van der Waals surface area contributed by atoms with Gasteiger partial charge in [0, 0.05) is 12.5 Å². The SMILES string of the molecule is O=C(ON1CCC[C@@H]1[C@@H](O)[C@H](c1ccc(F)cc1)c1cccc(C(F)(F)F)c1)c1ccccc1. The minimum absolute atomic E-state index is 0.232. The van der Waals surface area contributed by atoms with Gasteiger partial charge >= 0.3 is 12.1 Å². The van der Waals surface area contributed by atoms with Gasteiger partial charge in [0.15, 0.2) is 0 Å².